The predicted octanol–water partition coefficient (Wildman–Crippen LogP) is 4.44. The van der Waals surface area contributed by atoms with Gasteiger partial charge in [0.15, 0.2) is 0 Å². The van der Waals surface area contributed by atoms with Crippen molar-refractivity contribution in [3.63, 3.8) is 0 Å². The van der Waals surface area contributed by atoms with Crippen molar-refractivity contribution in [1.29, 1.82) is 0 Å². The third-order valence-corrected chi connectivity index (χ3v) is 9.56. The Kier molecular flexibility index (Phi) is 7.45. The molecule has 198 valence electrons. The summed E-state index contributed by atoms with van der Waals surface area (Å²) in [5.41, 5.74) is 1.40. The average Bonchev–Trinajstić information content (AvgIpc) is 2.84. The van der Waals surface area contributed by atoms with Gasteiger partial charge in [0.2, 0.25) is 0 Å². The van der Waals surface area contributed by atoms with Crippen molar-refractivity contribution in [2.24, 2.45) is 4.36 Å². The Morgan fingerprint density at radius 1 is 1.11 bits per heavy atom. The van der Waals surface area contributed by atoms with E-state index in [2.05, 4.69) is 13.8 Å². The summed E-state index contributed by atoms with van der Waals surface area (Å²) in [4.78, 5) is 0.117. The van der Waals surface area contributed by atoms with Gasteiger partial charge in [-0.05, 0) is 42.5 Å². The number of rotatable bonds is 7. The minimum absolute atomic E-state index is 0.0494. The molecule has 0 fully saturated rings. The summed E-state index contributed by atoms with van der Waals surface area (Å²) in [6, 6.07) is 15.6. The van der Waals surface area contributed by atoms with Gasteiger partial charge in [-0.3, -0.25) is 4.31 Å². The second-order valence-electron chi connectivity index (χ2n) is 7.92. The molecule has 3 aromatic carbocycles. The number of alkyl halides is 3. The van der Waals surface area contributed by atoms with E-state index < -0.39 is 44.7 Å². The second kappa shape index (κ2) is 10.1. The van der Waals surface area contributed by atoms with Crippen LogP contribution in [-0.4, -0.2) is 50.3 Å². The van der Waals surface area contributed by atoms with Gasteiger partial charge >= 0.3 is 6.36 Å². The lowest BCUT2D eigenvalue weighted by atomic mass is 10.0. The molecule has 8 nitrogen and oxygen atoms in total. The Morgan fingerprint density at radius 3 is 2.43 bits per heavy atom. The molecule has 4 rings (SSSR count). The molecule has 1 aliphatic heterocycles. The predicted molar refractivity (Wildman–Crippen MR) is 133 cm³/mol. The molecule has 2 unspecified atom stereocenters. The Labute approximate surface area is 217 Å². The Balaban J connectivity index is 1.55. The Morgan fingerprint density at radius 2 is 1.78 bits per heavy atom. The van der Waals surface area contributed by atoms with Crippen LogP contribution in [0.25, 0.3) is 11.1 Å². The molecule has 0 saturated carbocycles. The van der Waals surface area contributed by atoms with Gasteiger partial charge in [0, 0.05) is 29.7 Å². The normalized spacial score (nSPS) is 16.8. The lowest BCUT2D eigenvalue weighted by molar-refractivity contribution is -0.274. The van der Waals surface area contributed by atoms with Crippen LogP contribution in [0.15, 0.2) is 80.9 Å². The zero-order valence-corrected chi connectivity index (χ0v) is 21.5. The maximum absolute atomic E-state index is 13.4. The maximum atomic E-state index is 13.4. The molecule has 0 aliphatic carbocycles. The highest BCUT2D eigenvalue weighted by Gasteiger charge is 2.36. The van der Waals surface area contributed by atoms with Crippen LogP contribution >= 0.6 is 11.6 Å². The van der Waals surface area contributed by atoms with Crippen molar-refractivity contribution in [2.75, 3.05) is 24.4 Å². The summed E-state index contributed by atoms with van der Waals surface area (Å²) >= 11 is 6.13. The fraction of sp³-hybridized carbons (Fsp3) is 0.217. The van der Waals surface area contributed by atoms with E-state index >= 15 is 0 Å². The van der Waals surface area contributed by atoms with Gasteiger partial charge in [0.1, 0.15) is 15.7 Å². The van der Waals surface area contributed by atoms with Crippen molar-refractivity contribution in [1.82, 2.24) is 4.72 Å². The number of nitrogens with one attached hydrogen (secondary N) is 1. The molecule has 37 heavy (non-hydrogen) atoms. The number of anilines is 1. The van der Waals surface area contributed by atoms with E-state index in [0.717, 1.165) is 28.6 Å². The standard InChI is InChI=1S/C23H21ClF3N3O5S2/c1-28-36(32,18-9-7-17(8-10-18)35-23(25,26)27)29-13-16(31)14-30-21-12-15(24)6-11-19(21)20-4-2-3-5-22(20)37(30,33)34/h2-12,16,31H,13-14H2,1H3,(H,28,29,32). The number of fused-ring (bicyclic) bond motifs is 3. The number of nitrogens with zero attached hydrogens (tertiary/aromatic N) is 2. The molecule has 0 amide bonds. The Hall–Kier alpha value is -2.84. The van der Waals surface area contributed by atoms with Crippen LogP contribution in [0.1, 0.15) is 0 Å². The average molecular weight is 576 g/mol. The zero-order valence-electron chi connectivity index (χ0n) is 19.1. The van der Waals surface area contributed by atoms with Crippen LogP contribution in [0.5, 0.6) is 5.75 Å². The number of halogens is 4. The molecule has 0 aromatic heterocycles. The van der Waals surface area contributed by atoms with Crippen molar-refractivity contribution in [3.05, 3.63) is 71.8 Å². The molecule has 14 heteroatoms. The molecule has 2 atom stereocenters. The van der Waals surface area contributed by atoms with Crippen LogP contribution in [0.3, 0.4) is 0 Å². The van der Waals surface area contributed by atoms with E-state index in [1.807, 2.05) is 0 Å². The van der Waals surface area contributed by atoms with Crippen LogP contribution in [0.2, 0.25) is 5.02 Å². The number of sulfonamides is 1. The fourth-order valence-corrected chi connectivity index (χ4v) is 7.16. The smallest absolute Gasteiger partial charge is 0.406 e. The van der Waals surface area contributed by atoms with Gasteiger partial charge in [-0.1, -0.05) is 35.9 Å². The number of hydrogen-bond acceptors (Lipinski definition) is 6. The molecule has 0 bridgehead atoms. The second-order valence-corrected chi connectivity index (χ2v) is 12.4. The first kappa shape index (κ1) is 27.2. The molecule has 2 N–H and O–H groups in total. The lowest BCUT2D eigenvalue weighted by Crippen LogP contribution is -2.44. The first-order valence-corrected chi connectivity index (χ1v) is 14.0. The fourth-order valence-electron chi connectivity index (χ4n) is 3.84. The number of aliphatic hydroxyl groups excluding tert-OH is 1. The number of aliphatic hydroxyl groups is 1. The number of β-amino-alcohol motifs (C(OH)–C–C–N with tert-alkyl or cyclic N) is 1. The van der Waals surface area contributed by atoms with E-state index in [-0.39, 0.29) is 22.0 Å². The summed E-state index contributed by atoms with van der Waals surface area (Å²) in [5, 5.41) is 11.0. The molecule has 3 aromatic rings. The van der Waals surface area contributed by atoms with Crippen LogP contribution in [0.4, 0.5) is 18.9 Å². The molecule has 1 heterocycles. The van der Waals surface area contributed by atoms with E-state index in [4.69, 9.17) is 11.6 Å². The summed E-state index contributed by atoms with van der Waals surface area (Å²) in [5.74, 6) is -0.498. The molecule has 0 saturated heterocycles. The van der Waals surface area contributed by atoms with Crippen molar-refractivity contribution >= 4 is 37.2 Å². The zero-order chi connectivity index (χ0) is 27.0. The van der Waals surface area contributed by atoms with Crippen molar-refractivity contribution in [3.8, 4) is 16.9 Å². The first-order valence-electron chi connectivity index (χ1n) is 10.7. The van der Waals surface area contributed by atoms with Crippen LogP contribution in [-0.2, 0) is 19.9 Å². The Bertz CT molecular complexity index is 1540. The maximum Gasteiger partial charge on any atom is 0.573 e. The third kappa shape index (κ3) is 5.70. The van der Waals surface area contributed by atoms with Gasteiger partial charge in [-0.2, -0.15) is 0 Å². The monoisotopic (exact) mass is 575 g/mol. The minimum atomic E-state index is -4.88. The summed E-state index contributed by atoms with van der Waals surface area (Å²) < 4.78 is 88.6. The van der Waals surface area contributed by atoms with Crippen molar-refractivity contribution < 1.29 is 35.6 Å². The highest BCUT2D eigenvalue weighted by molar-refractivity contribution is 7.93. The van der Waals surface area contributed by atoms with Crippen LogP contribution in [0, 0.1) is 0 Å². The molecule has 0 spiro atoms. The van der Waals surface area contributed by atoms with E-state index in [1.54, 1.807) is 30.3 Å². The van der Waals surface area contributed by atoms with Gasteiger partial charge in [-0.15, -0.1) is 13.2 Å². The van der Waals surface area contributed by atoms with E-state index in [9.17, 15) is 30.9 Å². The van der Waals surface area contributed by atoms with E-state index in [1.165, 1.54) is 19.2 Å². The largest absolute Gasteiger partial charge is 0.573 e. The highest BCUT2D eigenvalue weighted by Crippen LogP contribution is 2.44. The molecule has 0 radical (unpaired) electrons. The number of ether oxygens (including phenoxy) is 1. The first-order chi connectivity index (χ1) is 17.3. The number of benzene rings is 3. The highest BCUT2D eigenvalue weighted by atomic mass is 35.5. The minimum Gasteiger partial charge on any atom is -0.406 e. The molecular weight excluding hydrogens is 555 g/mol. The van der Waals surface area contributed by atoms with Gasteiger partial charge < -0.3 is 9.84 Å². The third-order valence-electron chi connectivity index (χ3n) is 5.50. The van der Waals surface area contributed by atoms with Crippen molar-refractivity contribution in [2.45, 2.75) is 22.3 Å². The van der Waals surface area contributed by atoms with Gasteiger partial charge in [-0.25, -0.2) is 21.7 Å². The summed E-state index contributed by atoms with van der Waals surface area (Å²) in [6.45, 7) is -0.741. The van der Waals surface area contributed by atoms with Gasteiger partial charge in [0.05, 0.1) is 28.1 Å². The summed E-state index contributed by atoms with van der Waals surface area (Å²) in [6.07, 6.45) is -6.22. The van der Waals surface area contributed by atoms with E-state index in [0.29, 0.717) is 16.1 Å². The SMILES string of the molecule is CN=S(=O)(NCC(O)CN1c2cc(Cl)ccc2-c2ccccc2S1(=O)=O)c1ccc(OC(F)(F)F)cc1. The van der Waals surface area contributed by atoms with Gasteiger partial charge in [0.25, 0.3) is 10.0 Å². The topological polar surface area (TPSA) is 108 Å². The van der Waals surface area contributed by atoms with Crippen LogP contribution < -0.4 is 13.8 Å². The summed E-state index contributed by atoms with van der Waals surface area (Å²) in [7, 11) is -6.17. The molecular formula is C23H21ClF3N3O5S2. The quantitative estimate of drug-likeness (QED) is 0.433. The number of hydrogen-bond donors (Lipinski definition) is 2. The molecule has 1 aliphatic rings. The lowest BCUT2D eigenvalue weighted by Gasteiger charge is -2.33.